The summed E-state index contributed by atoms with van der Waals surface area (Å²) in [5.41, 5.74) is 1.84. The van der Waals surface area contributed by atoms with Crippen molar-refractivity contribution in [2.75, 3.05) is 26.2 Å². The summed E-state index contributed by atoms with van der Waals surface area (Å²) in [5.74, 6) is -0.440. The molecule has 0 spiro atoms. The minimum Gasteiger partial charge on any atom is -0.340 e. The first-order valence-corrected chi connectivity index (χ1v) is 12.7. The fourth-order valence-corrected chi connectivity index (χ4v) is 4.94. The van der Waals surface area contributed by atoms with Crippen LogP contribution in [0.1, 0.15) is 16.8 Å². The number of nitrogens with zero attached hydrogens (tertiary/aromatic N) is 4. The second-order valence-corrected chi connectivity index (χ2v) is 9.93. The minimum atomic E-state index is -0.419. The molecule has 1 aliphatic rings. The molecule has 2 heterocycles. The Balaban J connectivity index is 1.34. The summed E-state index contributed by atoms with van der Waals surface area (Å²) in [6.07, 6.45) is 0.0856. The van der Waals surface area contributed by atoms with Crippen LogP contribution in [0.25, 0.3) is 10.8 Å². The molecule has 0 unspecified atom stereocenters. The molecule has 0 radical (unpaired) electrons. The van der Waals surface area contributed by atoms with E-state index in [2.05, 4.69) is 38.1 Å². The third-order valence-electron chi connectivity index (χ3n) is 6.57. The van der Waals surface area contributed by atoms with Crippen molar-refractivity contribution in [1.82, 2.24) is 19.6 Å². The van der Waals surface area contributed by atoms with Gasteiger partial charge >= 0.3 is 0 Å². The van der Waals surface area contributed by atoms with Gasteiger partial charge in [-0.3, -0.25) is 14.5 Å². The molecule has 1 fully saturated rings. The smallest absolute Gasteiger partial charge is 0.274 e. The van der Waals surface area contributed by atoms with Crippen molar-refractivity contribution in [2.45, 2.75) is 19.5 Å². The van der Waals surface area contributed by atoms with Crippen LogP contribution in [0.3, 0.4) is 0 Å². The molecule has 8 heteroatoms. The Labute approximate surface area is 217 Å². The summed E-state index contributed by atoms with van der Waals surface area (Å²) in [5, 5.41) is 5.66. The SMILES string of the molecule is O=C(Cc1nn(Cc2ccc(Br)cc2F)c(=O)c2ccccc12)N1CCN(Cc2ccccc2)CC1. The van der Waals surface area contributed by atoms with Crippen LogP contribution < -0.4 is 5.56 Å². The lowest BCUT2D eigenvalue weighted by molar-refractivity contribution is -0.132. The van der Waals surface area contributed by atoms with E-state index >= 15 is 0 Å². The quantitative estimate of drug-likeness (QED) is 0.361. The van der Waals surface area contributed by atoms with Crippen molar-refractivity contribution in [1.29, 1.82) is 0 Å². The summed E-state index contributed by atoms with van der Waals surface area (Å²) < 4.78 is 16.3. The number of amides is 1. The van der Waals surface area contributed by atoms with Crippen molar-refractivity contribution in [3.05, 3.63) is 110 Å². The number of carbonyl (C=O) groups is 1. The number of carbonyl (C=O) groups excluding carboxylic acids is 1. The molecule has 0 bridgehead atoms. The highest BCUT2D eigenvalue weighted by molar-refractivity contribution is 9.10. The maximum Gasteiger partial charge on any atom is 0.274 e. The Morgan fingerprint density at radius 1 is 0.889 bits per heavy atom. The predicted molar refractivity (Wildman–Crippen MR) is 141 cm³/mol. The van der Waals surface area contributed by atoms with Crippen molar-refractivity contribution in [3.63, 3.8) is 0 Å². The molecule has 184 valence electrons. The molecule has 1 aromatic heterocycles. The Morgan fingerprint density at radius 2 is 1.58 bits per heavy atom. The number of hydrogen-bond donors (Lipinski definition) is 0. The van der Waals surface area contributed by atoms with E-state index in [9.17, 15) is 14.0 Å². The first kappa shape index (κ1) is 24.3. The Bertz CT molecular complexity index is 1450. The van der Waals surface area contributed by atoms with Crippen LogP contribution in [0.15, 0.2) is 82.1 Å². The zero-order valence-corrected chi connectivity index (χ0v) is 21.3. The molecule has 4 aromatic rings. The molecule has 36 heavy (non-hydrogen) atoms. The normalized spacial score (nSPS) is 14.3. The van der Waals surface area contributed by atoms with Crippen LogP contribution in [0.2, 0.25) is 0 Å². The molecule has 1 saturated heterocycles. The van der Waals surface area contributed by atoms with Gasteiger partial charge in [0.25, 0.3) is 5.56 Å². The lowest BCUT2D eigenvalue weighted by Crippen LogP contribution is -2.48. The highest BCUT2D eigenvalue weighted by atomic mass is 79.9. The summed E-state index contributed by atoms with van der Waals surface area (Å²) in [6.45, 7) is 3.75. The number of halogens is 2. The average Bonchev–Trinajstić information content (AvgIpc) is 2.89. The topological polar surface area (TPSA) is 58.4 Å². The fraction of sp³-hybridized carbons (Fsp3) is 0.250. The van der Waals surface area contributed by atoms with Gasteiger partial charge < -0.3 is 4.90 Å². The van der Waals surface area contributed by atoms with Crippen molar-refractivity contribution >= 4 is 32.6 Å². The number of hydrogen-bond acceptors (Lipinski definition) is 4. The maximum absolute atomic E-state index is 14.5. The van der Waals surface area contributed by atoms with Gasteiger partial charge in [-0.1, -0.05) is 70.5 Å². The summed E-state index contributed by atoms with van der Waals surface area (Å²) in [6, 6.07) is 22.2. The van der Waals surface area contributed by atoms with Crippen LogP contribution in [-0.4, -0.2) is 51.7 Å². The maximum atomic E-state index is 14.5. The Morgan fingerprint density at radius 3 is 2.31 bits per heavy atom. The van der Waals surface area contributed by atoms with E-state index in [4.69, 9.17) is 0 Å². The number of rotatable bonds is 6. The van der Waals surface area contributed by atoms with Crippen molar-refractivity contribution < 1.29 is 9.18 Å². The van der Waals surface area contributed by atoms with Crippen molar-refractivity contribution in [2.24, 2.45) is 0 Å². The van der Waals surface area contributed by atoms with Crippen LogP contribution >= 0.6 is 15.9 Å². The van der Waals surface area contributed by atoms with Gasteiger partial charge in [-0.2, -0.15) is 5.10 Å². The molecule has 5 rings (SSSR count). The summed E-state index contributed by atoms with van der Waals surface area (Å²) in [7, 11) is 0. The average molecular weight is 549 g/mol. The zero-order chi connectivity index (χ0) is 25.1. The van der Waals surface area contributed by atoms with Crippen LogP contribution in [0.5, 0.6) is 0 Å². The summed E-state index contributed by atoms with van der Waals surface area (Å²) in [4.78, 5) is 30.6. The molecule has 6 nitrogen and oxygen atoms in total. The van der Waals surface area contributed by atoms with Gasteiger partial charge in [0.15, 0.2) is 0 Å². The molecule has 1 aliphatic heterocycles. The fourth-order valence-electron chi connectivity index (χ4n) is 4.61. The second kappa shape index (κ2) is 10.7. The van der Waals surface area contributed by atoms with E-state index in [0.29, 0.717) is 39.6 Å². The number of aromatic nitrogens is 2. The number of benzene rings is 3. The van der Waals surface area contributed by atoms with E-state index in [0.717, 1.165) is 19.6 Å². The third-order valence-corrected chi connectivity index (χ3v) is 7.07. The highest BCUT2D eigenvalue weighted by Gasteiger charge is 2.23. The van der Waals surface area contributed by atoms with Crippen LogP contribution in [0.4, 0.5) is 4.39 Å². The Kier molecular flexibility index (Phi) is 7.25. The van der Waals surface area contributed by atoms with E-state index < -0.39 is 5.82 Å². The molecule has 0 aliphatic carbocycles. The lowest BCUT2D eigenvalue weighted by Gasteiger charge is -2.34. The van der Waals surface area contributed by atoms with Gasteiger partial charge in [0.2, 0.25) is 5.91 Å². The molecule has 0 atom stereocenters. The van der Waals surface area contributed by atoms with Gasteiger partial charge in [-0.05, 0) is 23.8 Å². The molecule has 0 saturated carbocycles. The van der Waals surface area contributed by atoms with E-state index in [-0.39, 0.29) is 24.4 Å². The van der Waals surface area contributed by atoms with Gasteiger partial charge in [-0.15, -0.1) is 0 Å². The first-order valence-electron chi connectivity index (χ1n) is 11.9. The van der Waals surface area contributed by atoms with Crippen molar-refractivity contribution in [3.8, 4) is 0 Å². The van der Waals surface area contributed by atoms with Gasteiger partial charge in [0.05, 0.1) is 24.0 Å². The molecule has 1 amide bonds. The predicted octanol–water partition coefficient (Wildman–Crippen LogP) is 4.23. The second-order valence-electron chi connectivity index (χ2n) is 9.01. The molecule has 3 aromatic carbocycles. The van der Waals surface area contributed by atoms with E-state index in [1.165, 1.54) is 16.3 Å². The number of piperazine rings is 1. The molecular weight excluding hydrogens is 523 g/mol. The largest absolute Gasteiger partial charge is 0.340 e. The zero-order valence-electron chi connectivity index (χ0n) is 19.7. The first-order chi connectivity index (χ1) is 17.5. The lowest BCUT2D eigenvalue weighted by atomic mass is 10.1. The van der Waals surface area contributed by atoms with Crippen LogP contribution in [0, 0.1) is 5.82 Å². The standard InChI is InChI=1S/C28H26BrFN4O2/c29-22-11-10-21(25(30)16-22)19-34-28(36)24-9-5-4-8-23(24)26(31-34)17-27(35)33-14-12-32(13-15-33)18-20-6-2-1-3-7-20/h1-11,16H,12-15,17-19H2. The number of fused-ring (bicyclic) bond motifs is 1. The summed E-state index contributed by atoms with van der Waals surface area (Å²) >= 11 is 3.26. The van der Waals surface area contributed by atoms with Crippen LogP contribution in [-0.2, 0) is 24.3 Å². The highest BCUT2D eigenvalue weighted by Crippen LogP contribution is 2.19. The molecule has 0 N–H and O–H groups in total. The minimum absolute atomic E-state index is 0.0118. The van der Waals surface area contributed by atoms with E-state index in [1.807, 2.05) is 35.2 Å². The molecular formula is C28H26BrFN4O2. The van der Waals surface area contributed by atoms with Gasteiger partial charge in [0, 0.05) is 48.1 Å². The van der Waals surface area contributed by atoms with Gasteiger partial charge in [0.1, 0.15) is 5.82 Å². The third kappa shape index (κ3) is 5.39. The monoisotopic (exact) mass is 548 g/mol. The van der Waals surface area contributed by atoms with Gasteiger partial charge in [-0.25, -0.2) is 9.07 Å². The Hall–Kier alpha value is -3.36. The van der Waals surface area contributed by atoms with E-state index in [1.54, 1.807) is 24.3 Å².